The van der Waals surface area contributed by atoms with E-state index in [1.165, 1.54) is 0 Å². The molecule has 1 atom stereocenters. The Labute approximate surface area is 84.3 Å². The minimum atomic E-state index is -3.18. The average Bonchev–Trinajstić information content (AvgIpc) is 2.16. The van der Waals surface area contributed by atoms with E-state index in [2.05, 4.69) is 5.48 Å². The maximum absolute atomic E-state index is 11.7. The largest absolute Gasteiger partial charge is 0.396 e. The fourth-order valence-corrected chi connectivity index (χ4v) is 1.96. The van der Waals surface area contributed by atoms with Gasteiger partial charge in [0, 0.05) is 13.1 Å². The van der Waals surface area contributed by atoms with Crippen LogP contribution in [0.2, 0.25) is 0 Å². The lowest BCUT2D eigenvalue weighted by atomic mass is 10.5. The Morgan fingerprint density at radius 3 is 2.79 bits per heavy atom. The predicted molar refractivity (Wildman–Crippen MR) is 53.9 cm³/mol. The van der Waals surface area contributed by atoms with Gasteiger partial charge in [-0.05, 0) is 6.42 Å². The highest BCUT2D eigenvalue weighted by molar-refractivity contribution is 7.53. The smallest absolute Gasteiger partial charge is 0.349 e. The summed E-state index contributed by atoms with van der Waals surface area (Å²) in [6.07, 6.45) is 0.736. The third kappa shape index (κ3) is 6.48. The number of aliphatic hydroxyl groups is 1. The van der Waals surface area contributed by atoms with Crippen LogP contribution in [0, 0.1) is 0 Å². The lowest BCUT2D eigenvalue weighted by Gasteiger charge is -2.16. The zero-order valence-electron chi connectivity index (χ0n) is 8.44. The predicted octanol–water partition coefficient (Wildman–Crippen LogP) is 0.0783. The highest BCUT2D eigenvalue weighted by atomic mass is 31.2. The average molecular weight is 226 g/mol. The second kappa shape index (κ2) is 8.35. The van der Waals surface area contributed by atoms with Crippen molar-refractivity contribution >= 4 is 7.60 Å². The third-order valence-corrected chi connectivity index (χ3v) is 3.05. The molecule has 0 aromatic carbocycles. The van der Waals surface area contributed by atoms with Gasteiger partial charge < -0.3 is 15.4 Å². The highest BCUT2D eigenvalue weighted by Crippen LogP contribution is 2.46. The van der Waals surface area contributed by atoms with Crippen LogP contribution in [0.3, 0.4) is 0 Å². The molecule has 0 heterocycles. The minimum absolute atomic E-state index is 0.00935. The Balaban J connectivity index is 3.89. The van der Waals surface area contributed by atoms with Gasteiger partial charge in [0.05, 0.1) is 19.4 Å². The lowest BCUT2D eigenvalue weighted by molar-refractivity contribution is 0.137. The number of hydrogen-bond donors (Lipinski definition) is 3. The van der Waals surface area contributed by atoms with Crippen molar-refractivity contribution in [1.82, 2.24) is 5.48 Å². The van der Waals surface area contributed by atoms with Crippen molar-refractivity contribution in [2.45, 2.75) is 13.3 Å². The van der Waals surface area contributed by atoms with E-state index >= 15 is 0 Å². The van der Waals surface area contributed by atoms with Gasteiger partial charge in [-0.1, -0.05) is 6.92 Å². The molecule has 0 rings (SSSR count). The van der Waals surface area contributed by atoms with Crippen LogP contribution in [0.1, 0.15) is 13.3 Å². The second-order valence-electron chi connectivity index (χ2n) is 2.67. The molecule has 0 aliphatic carbocycles. The van der Waals surface area contributed by atoms with Crippen molar-refractivity contribution in [3.63, 3.8) is 0 Å². The van der Waals surface area contributed by atoms with Crippen LogP contribution in [0.5, 0.6) is 0 Å². The number of nitrogens with two attached hydrogens (primary N) is 1. The fraction of sp³-hybridized carbons (Fsp3) is 1.00. The van der Waals surface area contributed by atoms with Crippen LogP contribution in [-0.4, -0.2) is 37.6 Å². The quantitative estimate of drug-likeness (QED) is 0.293. The summed E-state index contributed by atoms with van der Waals surface area (Å²) >= 11 is 0. The maximum Gasteiger partial charge on any atom is 0.349 e. The van der Waals surface area contributed by atoms with Gasteiger partial charge in [0.2, 0.25) is 0 Å². The Morgan fingerprint density at radius 1 is 1.57 bits per heavy atom. The number of rotatable bonds is 9. The molecule has 0 bridgehead atoms. The van der Waals surface area contributed by atoms with Crippen LogP contribution in [0.4, 0.5) is 0 Å². The van der Waals surface area contributed by atoms with Crippen molar-refractivity contribution in [2.24, 2.45) is 5.73 Å². The minimum Gasteiger partial charge on any atom is -0.396 e. The highest BCUT2D eigenvalue weighted by Gasteiger charge is 2.23. The summed E-state index contributed by atoms with van der Waals surface area (Å²) in [5.41, 5.74) is 7.65. The molecule has 7 heteroatoms. The van der Waals surface area contributed by atoms with Crippen molar-refractivity contribution < 1.29 is 18.8 Å². The van der Waals surface area contributed by atoms with Gasteiger partial charge in [0.25, 0.3) is 0 Å². The second-order valence-corrected chi connectivity index (χ2v) is 4.78. The molecule has 0 spiro atoms. The molecule has 0 amide bonds. The van der Waals surface area contributed by atoms with Gasteiger partial charge >= 0.3 is 7.60 Å². The Bertz CT molecular complexity index is 179. The first kappa shape index (κ1) is 14.0. The molecule has 0 saturated heterocycles. The van der Waals surface area contributed by atoms with Gasteiger partial charge in [0.1, 0.15) is 0 Å². The zero-order valence-corrected chi connectivity index (χ0v) is 9.33. The lowest BCUT2D eigenvalue weighted by Crippen LogP contribution is -2.23. The Hall–Kier alpha value is 0.0300. The first-order valence-electron chi connectivity index (χ1n) is 4.64. The standard InChI is InChI=1S/C7H19N2O4P/c1-2-6-12-14(11,7-5-10)13-9-4-3-8/h9-10H,2-8H2,1H3. The Morgan fingerprint density at radius 2 is 2.29 bits per heavy atom. The van der Waals surface area contributed by atoms with E-state index in [0.717, 1.165) is 6.42 Å². The van der Waals surface area contributed by atoms with Gasteiger partial charge in [0.15, 0.2) is 0 Å². The molecule has 4 N–H and O–H groups in total. The maximum atomic E-state index is 11.7. The summed E-state index contributed by atoms with van der Waals surface area (Å²) in [4.78, 5) is 0. The fourth-order valence-electron chi connectivity index (χ4n) is 0.692. The molecule has 0 radical (unpaired) electrons. The molecule has 14 heavy (non-hydrogen) atoms. The van der Waals surface area contributed by atoms with Crippen LogP contribution in [0.25, 0.3) is 0 Å². The van der Waals surface area contributed by atoms with Gasteiger partial charge in [-0.2, -0.15) is 5.48 Å². The molecular formula is C7H19N2O4P. The van der Waals surface area contributed by atoms with E-state index in [-0.39, 0.29) is 12.8 Å². The van der Waals surface area contributed by atoms with E-state index in [4.69, 9.17) is 20.0 Å². The van der Waals surface area contributed by atoms with E-state index in [1.54, 1.807) is 0 Å². The molecule has 1 unspecified atom stereocenters. The van der Waals surface area contributed by atoms with Crippen LogP contribution in [-0.2, 0) is 13.7 Å². The molecule has 0 aliphatic heterocycles. The molecule has 86 valence electrons. The van der Waals surface area contributed by atoms with E-state index in [1.807, 2.05) is 6.92 Å². The van der Waals surface area contributed by atoms with E-state index < -0.39 is 7.60 Å². The van der Waals surface area contributed by atoms with Crippen molar-refractivity contribution in [1.29, 1.82) is 0 Å². The van der Waals surface area contributed by atoms with Crippen LogP contribution < -0.4 is 11.2 Å². The molecule has 0 saturated carbocycles. The van der Waals surface area contributed by atoms with Gasteiger partial charge in [-0.15, -0.1) is 0 Å². The van der Waals surface area contributed by atoms with E-state index in [9.17, 15) is 4.57 Å². The zero-order chi connectivity index (χ0) is 10.9. The number of hydrogen-bond acceptors (Lipinski definition) is 6. The van der Waals surface area contributed by atoms with Crippen molar-refractivity contribution in [2.75, 3.05) is 32.5 Å². The molecule has 0 aromatic rings. The van der Waals surface area contributed by atoms with E-state index in [0.29, 0.717) is 19.7 Å². The molecular weight excluding hydrogens is 207 g/mol. The number of aliphatic hydroxyl groups excluding tert-OH is 1. The topological polar surface area (TPSA) is 93.8 Å². The van der Waals surface area contributed by atoms with Crippen molar-refractivity contribution in [3.05, 3.63) is 0 Å². The summed E-state index contributed by atoms with van der Waals surface area (Å²) in [6.45, 7) is 2.79. The summed E-state index contributed by atoms with van der Waals surface area (Å²) in [5, 5.41) is 8.67. The number of hydroxylamine groups is 1. The molecule has 0 fully saturated rings. The van der Waals surface area contributed by atoms with Gasteiger partial charge in [-0.25, -0.2) is 4.62 Å². The molecule has 6 nitrogen and oxygen atoms in total. The summed E-state index contributed by atoms with van der Waals surface area (Å²) in [5.74, 6) is 0. The first-order valence-corrected chi connectivity index (χ1v) is 6.37. The summed E-state index contributed by atoms with van der Waals surface area (Å²) < 4.78 is 21.6. The monoisotopic (exact) mass is 226 g/mol. The third-order valence-electron chi connectivity index (χ3n) is 1.32. The SMILES string of the molecule is CCCOP(=O)(CCO)ONCCN. The van der Waals surface area contributed by atoms with Crippen LogP contribution >= 0.6 is 7.60 Å². The first-order chi connectivity index (χ1) is 6.68. The van der Waals surface area contributed by atoms with Crippen molar-refractivity contribution in [3.8, 4) is 0 Å². The normalized spacial score (nSPS) is 15.4. The van der Waals surface area contributed by atoms with Crippen LogP contribution in [0.15, 0.2) is 0 Å². The summed E-state index contributed by atoms with van der Waals surface area (Å²) in [6, 6.07) is 0. The molecule has 0 aliphatic rings. The summed E-state index contributed by atoms with van der Waals surface area (Å²) in [7, 11) is -3.18. The number of nitrogens with one attached hydrogen (secondary N) is 1. The Kier molecular flexibility index (Phi) is 8.37. The van der Waals surface area contributed by atoms with Gasteiger partial charge in [-0.3, -0.25) is 4.57 Å². The molecule has 0 aromatic heterocycles.